The zero-order valence-corrected chi connectivity index (χ0v) is 15.3. The van der Waals surface area contributed by atoms with Crippen LogP contribution < -0.4 is 5.32 Å². The van der Waals surface area contributed by atoms with Crippen molar-refractivity contribution in [3.63, 3.8) is 0 Å². The van der Waals surface area contributed by atoms with E-state index in [1.165, 1.54) is 0 Å². The number of nitrogens with zero attached hydrogens (tertiary/aromatic N) is 5. The molecule has 0 saturated carbocycles. The fourth-order valence-corrected chi connectivity index (χ4v) is 3.42. The first-order chi connectivity index (χ1) is 12.0. The van der Waals surface area contributed by atoms with Gasteiger partial charge in [0.05, 0.1) is 18.9 Å². The molecule has 2 unspecified atom stereocenters. The molecule has 0 radical (unpaired) electrons. The number of aromatic nitrogens is 4. The van der Waals surface area contributed by atoms with Crippen molar-refractivity contribution >= 4 is 6.03 Å². The Morgan fingerprint density at radius 2 is 2.20 bits per heavy atom. The number of piperidine rings is 1. The quantitative estimate of drug-likeness (QED) is 0.906. The van der Waals surface area contributed by atoms with Crippen LogP contribution in [0.4, 0.5) is 4.79 Å². The van der Waals surface area contributed by atoms with Crippen LogP contribution in [0.15, 0.2) is 31.1 Å². The fraction of sp³-hybridized carbons (Fsp3) is 0.611. The Kier molecular flexibility index (Phi) is 5.40. The highest BCUT2D eigenvalue weighted by atomic mass is 16.2. The van der Waals surface area contributed by atoms with Crippen LogP contribution in [0.1, 0.15) is 39.1 Å². The Morgan fingerprint density at radius 1 is 1.36 bits per heavy atom. The smallest absolute Gasteiger partial charge is 0.317 e. The molecule has 136 valence electrons. The summed E-state index contributed by atoms with van der Waals surface area (Å²) in [6, 6.07) is 0.265. The van der Waals surface area contributed by atoms with Crippen molar-refractivity contribution in [3.05, 3.63) is 36.9 Å². The van der Waals surface area contributed by atoms with Gasteiger partial charge in [0.25, 0.3) is 0 Å². The van der Waals surface area contributed by atoms with E-state index in [4.69, 9.17) is 0 Å². The number of hydrogen-bond acceptors (Lipinski definition) is 3. The predicted molar refractivity (Wildman–Crippen MR) is 95.9 cm³/mol. The summed E-state index contributed by atoms with van der Waals surface area (Å²) in [7, 11) is 0. The lowest BCUT2D eigenvalue weighted by Crippen LogP contribution is -2.48. The van der Waals surface area contributed by atoms with Gasteiger partial charge in [0, 0.05) is 44.4 Å². The molecule has 0 spiro atoms. The van der Waals surface area contributed by atoms with Gasteiger partial charge in [0.2, 0.25) is 0 Å². The number of carbonyl (C=O) groups is 1. The number of rotatable bonds is 5. The first kappa shape index (κ1) is 17.5. The number of hydrogen-bond donors (Lipinski definition) is 1. The van der Waals surface area contributed by atoms with Gasteiger partial charge < -0.3 is 19.4 Å². The van der Waals surface area contributed by atoms with Gasteiger partial charge in [-0.15, -0.1) is 0 Å². The highest BCUT2D eigenvalue weighted by Crippen LogP contribution is 2.27. The molecule has 1 fully saturated rings. The lowest BCUT2D eigenvalue weighted by molar-refractivity contribution is 0.139. The Bertz CT molecular complexity index is 678. The zero-order valence-electron chi connectivity index (χ0n) is 15.3. The second-order valence-electron chi connectivity index (χ2n) is 7.34. The summed E-state index contributed by atoms with van der Waals surface area (Å²) >= 11 is 0. The standard InChI is InChI=1S/C18H28N6O/c1-14(2)11-22-9-6-20-17(22)10-21-18(25)23-7-4-15(3)16(12-23)24-8-5-19-13-24/h5-6,8-9,13-16H,4,7,10-12H2,1-3H3,(H,21,25). The monoisotopic (exact) mass is 344 g/mol. The van der Waals surface area contributed by atoms with E-state index in [1.54, 1.807) is 12.4 Å². The fourth-order valence-electron chi connectivity index (χ4n) is 3.42. The first-order valence-corrected chi connectivity index (χ1v) is 9.04. The summed E-state index contributed by atoms with van der Waals surface area (Å²) in [5, 5.41) is 3.03. The minimum atomic E-state index is -0.0175. The summed E-state index contributed by atoms with van der Waals surface area (Å²) < 4.78 is 4.22. The molecular weight excluding hydrogens is 316 g/mol. The van der Waals surface area contributed by atoms with E-state index in [2.05, 4.69) is 45.2 Å². The van der Waals surface area contributed by atoms with Gasteiger partial charge in [0.1, 0.15) is 5.82 Å². The van der Waals surface area contributed by atoms with Crippen LogP contribution in [0, 0.1) is 11.8 Å². The molecule has 1 aliphatic rings. The van der Waals surface area contributed by atoms with Crippen LogP contribution in [0.3, 0.4) is 0 Å². The molecule has 2 atom stereocenters. The van der Waals surface area contributed by atoms with E-state index in [1.807, 2.05) is 23.6 Å². The minimum absolute atomic E-state index is 0.0175. The molecular formula is C18H28N6O. The SMILES string of the molecule is CC(C)Cn1ccnc1CNC(=O)N1CCC(C)C(n2ccnc2)C1. The van der Waals surface area contributed by atoms with Gasteiger partial charge in [-0.05, 0) is 18.3 Å². The van der Waals surface area contributed by atoms with Crippen LogP contribution in [0.5, 0.6) is 0 Å². The maximum atomic E-state index is 12.6. The number of amides is 2. The number of urea groups is 1. The molecule has 25 heavy (non-hydrogen) atoms. The Balaban J connectivity index is 1.57. The minimum Gasteiger partial charge on any atom is -0.333 e. The van der Waals surface area contributed by atoms with Gasteiger partial charge in [-0.3, -0.25) is 0 Å². The average molecular weight is 344 g/mol. The Hall–Kier alpha value is -2.31. The lowest BCUT2D eigenvalue weighted by Gasteiger charge is -2.37. The van der Waals surface area contributed by atoms with E-state index in [0.29, 0.717) is 24.9 Å². The second-order valence-corrected chi connectivity index (χ2v) is 7.34. The van der Waals surface area contributed by atoms with Crippen molar-refractivity contribution in [3.8, 4) is 0 Å². The molecule has 1 aliphatic heterocycles. The third-order valence-electron chi connectivity index (χ3n) is 4.87. The molecule has 1 N–H and O–H groups in total. The van der Waals surface area contributed by atoms with Gasteiger partial charge in [-0.25, -0.2) is 14.8 Å². The van der Waals surface area contributed by atoms with Gasteiger partial charge in [-0.2, -0.15) is 0 Å². The van der Waals surface area contributed by atoms with Crippen LogP contribution in [0.25, 0.3) is 0 Å². The highest BCUT2D eigenvalue weighted by Gasteiger charge is 2.29. The lowest BCUT2D eigenvalue weighted by atomic mass is 9.93. The number of imidazole rings is 2. The largest absolute Gasteiger partial charge is 0.333 e. The number of likely N-dealkylation sites (tertiary alicyclic amines) is 1. The van der Waals surface area contributed by atoms with Crippen LogP contribution >= 0.6 is 0 Å². The Morgan fingerprint density at radius 3 is 2.92 bits per heavy atom. The van der Waals surface area contributed by atoms with E-state index >= 15 is 0 Å². The van der Waals surface area contributed by atoms with Crippen molar-refractivity contribution in [2.24, 2.45) is 11.8 Å². The van der Waals surface area contributed by atoms with Gasteiger partial charge in [0.15, 0.2) is 0 Å². The van der Waals surface area contributed by atoms with Crippen molar-refractivity contribution in [1.82, 2.24) is 29.3 Å². The zero-order chi connectivity index (χ0) is 17.8. The third kappa shape index (κ3) is 4.21. The average Bonchev–Trinajstić information content (AvgIpc) is 3.24. The van der Waals surface area contributed by atoms with Crippen molar-refractivity contribution in [1.29, 1.82) is 0 Å². The van der Waals surface area contributed by atoms with E-state index in [-0.39, 0.29) is 12.1 Å². The molecule has 0 bridgehead atoms. The summed E-state index contributed by atoms with van der Waals surface area (Å²) in [4.78, 5) is 23.0. The van der Waals surface area contributed by atoms with Crippen LogP contribution in [-0.4, -0.2) is 43.1 Å². The highest BCUT2D eigenvalue weighted by molar-refractivity contribution is 5.74. The predicted octanol–water partition coefficient (Wildman–Crippen LogP) is 2.53. The molecule has 2 aromatic heterocycles. The molecule has 7 nitrogen and oxygen atoms in total. The molecule has 2 aromatic rings. The summed E-state index contributed by atoms with van der Waals surface area (Å²) in [5.41, 5.74) is 0. The number of carbonyl (C=O) groups excluding carboxylic acids is 1. The van der Waals surface area contributed by atoms with E-state index < -0.39 is 0 Å². The van der Waals surface area contributed by atoms with Gasteiger partial charge in [-0.1, -0.05) is 20.8 Å². The van der Waals surface area contributed by atoms with Crippen molar-refractivity contribution in [2.45, 2.75) is 46.3 Å². The topological polar surface area (TPSA) is 68.0 Å². The van der Waals surface area contributed by atoms with Crippen molar-refractivity contribution < 1.29 is 4.79 Å². The molecule has 3 heterocycles. The maximum Gasteiger partial charge on any atom is 0.317 e. The normalized spacial score (nSPS) is 20.9. The third-order valence-corrected chi connectivity index (χ3v) is 4.87. The van der Waals surface area contributed by atoms with Crippen LogP contribution in [0.2, 0.25) is 0 Å². The van der Waals surface area contributed by atoms with E-state index in [9.17, 15) is 4.79 Å². The number of nitrogens with one attached hydrogen (secondary N) is 1. The summed E-state index contributed by atoms with van der Waals surface area (Å²) in [6.45, 7) is 9.46. The van der Waals surface area contributed by atoms with E-state index in [0.717, 1.165) is 25.3 Å². The Labute approximate surface area is 149 Å². The van der Waals surface area contributed by atoms with Crippen molar-refractivity contribution in [2.75, 3.05) is 13.1 Å². The van der Waals surface area contributed by atoms with Gasteiger partial charge >= 0.3 is 6.03 Å². The molecule has 1 saturated heterocycles. The first-order valence-electron chi connectivity index (χ1n) is 9.04. The molecule has 7 heteroatoms. The summed E-state index contributed by atoms with van der Waals surface area (Å²) in [5.74, 6) is 1.98. The molecule has 3 rings (SSSR count). The molecule has 0 aliphatic carbocycles. The molecule has 0 aromatic carbocycles. The second kappa shape index (κ2) is 7.72. The summed E-state index contributed by atoms with van der Waals surface area (Å²) in [6.07, 6.45) is 10.4. The van der Waals surface area contributed by atoms with Crippen LogP contribution in [-0.2, 0) is 13.1 Å². The maximum absolute atomic E-state index is 12.6. The molecule has 2 amide bonds.